The van der Waals surface area contributed by atoms with Gasteiger partial charge in [0, 0.05) is 11.1 Å². The van der Waals surface area contributed by atoms with Crippen molar-refractivity contribution in [3.63, 3.8) is 0 Å². The van der Waals surface area contributed by atoms with Gasteiger partial charge in [0.15, 0.2) is 16.4 Å². The monoisotopic (exact) mass is 423 g/mol. The maximum Gasteiger partial charge on any atom is 0.343 e. The Kier molecular flexibility index (Phi) is 5.81. The van der Waals surface area contributed by atoms with Crippen LogP contribution in [0.15, 0.2) is 60.0 Å². The second kappa shape index (κ2) is 8.12. The van der Waals surface area contributed by atoms with E-state index in [0.29, 0.717) is 5.69 Å². The SMILES string of the molecule is O=C(OCC(=O)N(c1ccccc1)C1C=CS(=O)(=O)C1)c1c(F)cccc1Cl. The van der Waals surface area contributed by atoms with Crippen molar-refractivity contribution in [3.05, 3.63) is 76.4 Å². The molecule has 0 N–H and O–H groups in total. The van der Waals surface area contributed by atoms with Crippen molar-refractivity contribution in [3.8, 4) is 0 Å². The van der Waals surface area contributed by atoms with Crippen LogP contribution in [-0.2, 0) is 19.4 Å². The summed E-state index contributed by atoms with van der Waals surface area (Å²) < 4.78 is 42.3. The predicted molar refractivity (Wildman–Crippen MR) is 102 cm³/mol. The van der Waals surface area contributed by atoms with E-state index in [-0.39, 0.29) is 10.8 Å². The zero-order valence-corrected chi connectivity index (χ0v) is 16.0. The highest BCUT2D eigenvalue weighted by Crippen LogP contribution is 2.24. The molecule has 2 aromatic carbocycles. The summed E-state index contributed by atoms with van der Waals surface area (Å²) in [7, 11) is -3.42. The smallest absolute Gasteiger partial charge is 0.343 e. The number of benzene rings is 2. The zero-order valence-electron chi connectivity index (χ0n) is 14.4. The molecule has 0 saturated carbocycles. The molecular formula is C19H15ClFNO5S. The second-order valence-electron chi connectivity index (χ2n) is 6.00. The Bertz CT molecular complexity index is 1020. The van der Waals surface area contributed by atoms with E-state index in [2.05, 4.69) is 0 Å². The molecule has 1 atom stereocenters. The number of nitrogens with zero attached hydrogens (tertiary/aromatic N) is 1. The minimum absolute atomic E-state index is 0.137. The molecule has 3 rings (SSSR count). The Hall–Kier alpha value is -2.71. The lowest BCUT2D eigenvalue weighted by molar-refractivity contribution is -0.121. The number of hydrogen-bond acceptors (Lipinski definition) is 5. The first-order chi connectivity index (χ1) is 13.3. The van der Waals surface area contributed by atoms with Gasteiger partial charge in [-0.3, -0.25) is 4.79 Å². The van der Waals surface area contributed by atoms with Crippen molar-refractivity contribution in [1.82, 2.24) is 0 Å². The van der Waals surface area contributed by atoms with Crippen LogP contribution < -0.4 is 4.90 Å². The third kappa shape index (κ3) is 4.40. The molecule has 1 aliphatic rings. The van der Waals surface area contributed by atoms with Crippen LogP contribution in [0, 0.1) is 5.82 Å². The molecule has 0 radical (unpaired) electrons. The lowest BCUT2D eigenvalue weighted by Crippen LogP contribution is -2.43. The van der Waals surface area contributed by atoms with Gasteiger partial charge in [-0.1, -0.05) is 35.9 Å². The highest BCUT2D eigenvalue weighted by molar-refractivity contribution is 7.94. The lowest BCUT2D eigenvalue weighted by atomic mass is 10.2. The average molecular weight is 424 g/mol. The van der Waals surface area contributed by atoms with Crippen molar-refractivity contribution >= 4 is 39.0 Å². The van der Waals surface area contributed by atoms with Crippen LogP contribution in [0.4, 0.5) is 10.1 Å². The summed E-state index contributed by atoms with van der Waals surface area (Å²) in [6.45, 7) is -0.706. The summed E-state index contributed by atoms with van der Waals surface area (Å²) in [4.78, 5) is 26.1. The summed E-state index contributed by atoms with van der Waals surface area (Å²) in [6, 6.07) is 11.4. The van der Waals surface area contributed by atoms with E-state index >= 15 is 0 Å². The predicted octanol–water partition coefficient (Wildman–Crippen LogP) is 2.98. The van der Waals surface area contributed by atoms with E-state index in [4.69, 9.17) is 16.3 Å². The minimum atomic E-state index is -3.42. The third-order valence-electron chi connectivity index (χ3n) is 4.04. The Balaban J connectivity index is 1.79. The van der Waals surface area contributed by atoms with Crippen LogP contribution in [0.5, 0.6) is 0 Å². The highest BCUT2D eigenvalue weighted by Gasteiger charge is 2.32. The Morgan fingerprint density at radius 1 is 1.14 bits per heavy atom. The summed E-state index contributed by atoms with van der Waals surface area (Å²) in [6.07, 6.45) is 1.40. The van der Waals surface area contributed by atoms with Gasteiger partial charge < -0.3 is 9.64 Å². The van der Waals surface area contributed by atoms with Crippen LogP contribution in [0.3, 0.4) is 0 Å². The van der Waals surface area contributed by atoms with Crippen LogP contribution in [0.1, 0.15) is 10.4 Å². The fraction of sp³-hybridized carbons (Fsp3) is 0.158. The Morgan fingerprint density at radius 2 is 1.86 bits per heavy atom. The van der Waals surface area contributed by atoms with Crippen molar-refractivity contribution in [1.29, 1.82) is 0 Å². The van der Waals surface area contributed by atoms with Gasteiger partial charge in [-0.2, -0.15) is 0 Å². The van der Waals surface area contributed by atoms with Gasteiger partial charge in [0.25, 0.3) is 5.91 Å². The van der Waals surface area contributed by atoms with E-state index in [1.807, 2.05) is 0 Å². The van der Waals surface area contributed by atoms with Crippen molar-refractivity contribution < 1.29 is 27.1 Å². The number of amides is 1. The molecule has 0 aliphatic carbocycles. The Morgan fingerprint density at radius 3 is 2.46 bits per heavy atom. The molecule has 146 valence electrons. The van der Waals surface area contributed by atoms with E-state index < -0.39 is 45.7 Å². The molecule has 0 aromatic heterocycles. The summed E-state index contributed by atoms with van der Waals surface area (Å²) in [5, 5.41) is 0.911. The van der Waals surface area contributed by atoms with E-state index in [1.165, 1.54) is 23.1 Å². The number of sulfone groups is 1. The molecule has 0 saturated heterocycles. The molecule has 1 amide bonds. The first-order valence-corrected chi connectivity index (χ1v) is 10.3. The average Bonchev–Trinajstić information content (AvgIpc) is 3.00. The fourth-order valence-electron chi connectivity index (χ4n) is 2.79. The fourth-order valence-corrected chi connectivity index (χ4v) is 4.30. The Labute approximate surface area is 166 Å². The topological polar surface area (TPSA) is 80.8 Å². The molecule has 9 heteroatoms. The van der Waals surface area contributed by atoms with Crippen molar-refractivity contribution in [2.24, 2.45) is 0 Å². The molecular weight excluding hydrogens is 409 g/mol. The van der Waals surface area contributed by atoms with Crippen LogP contribution in [-0.4, -0.2) is 38.7 Å². The van der Waals surface area contributed by atoms with Gasteiger partial charge in [0.1, 0.15) is 11.4 Å². The van der Waals surface area contributed by atoms with Crippen molar-refractivity contribution in [2.75, 3.05) is 17.3 Å². The molecule has 2 aromatic rings. The number of halogens is 2. The molecule has 28 heavy (non-hydrogen) atoms. The molecule has 1 unspecified atom stereocenters. The molecule has 1 heterocycles. The van der Waals surface area contributed by atoms with Crippen LogP contribution in [0.2, 0.25) is 5.02 Å². The second-order valence-corrected chi connectivity index (χ2v) is 8.34. The first kappa shape index (κ1) is 20.0. The third-order valence-corrected chi connectivity index (χ3v) is 5.73. The summed E-state index contributed by atoms with van der Waals surface area (Å²) >= 11 is 5.82. The number of carbonyl (C=O) groups is 2. The zero-order chi connectivity index (χ0) is 20.3. The molecule has 1 aliphatic heterocycles. The van der Waals surface area contributed by atoms with Gasteiger partial charge in [-0.15, -0.1) is 0 Å². The number of carbonyl (C=O) groups excluding carboxylic acids is 2. The number of para-hydroxylation sites is 1. The number of anilines is 1. The minimum Gasteiger partial charge on any atom is -0.452 e. The first-order valence-electron chi connectivity index (χ1n) is 8.18. The van der Waals surface area contributed by atoms with Gasteiger partial charge in [-0.25, -0.2) is 17.6 Å². The number of rotatable bonds is 5. The quantitative estimate of drug-likeness (QED) is 0.690. The van der Waals surface area contributed by atoms with Crippen LogP contribution in [0.25, 0.3) is 0 Å². The summed E-state index contributed by atoms with van der Waals surface area (Å²) in [5.41, 5.74) is -0.0224. The summed E-state index contributed by atoms with van der Waals surface area (Å²) in [5.74, 6) is -2.88. The van der Waals surface area contributed by atoms with Crippen molar-refractivity contribution in [2.45, 2.75) is 6.04 Å². The number of ether oxygens (including phenoxy) is 1. The van der Waals surface area contributed by atoms with Gasteiger partial charge in [-0.05, 0) is 30.3 Å². The van der Waals surface area contributed by atoms with E-state index in [9.17, 15) is 22.4 Å². The van der Waals surface area contributed by atoms with Gasteiger partial charge >= 0.3 is 5.97 Å². The number of hydrogen-bond donors (Lipinski definition) is 0. The molecule has 6 nitrogen and oxygen atoms in total. The highest BCUT2D eigenvalue weighted by atomic mass is 35.5. The van der Waals surface area contributed by atoms with E-state index in [0.717, 1.165) is 11.5 Å². The van der Waals surface area contributed by atoms with Gasteiger partial charge in [0.2, 0.25) is 0 Å². The molecule has 0 fully saturated rings. The normalized spacial score (nSPS) is 17.3. The maximum atomic E-state index is 13.8. The largest absolute Gasteiger partial charge is 0.452 e. The number of esters is 1. The van der Waals surface area contributed by atoms with Gasteiger partial charge in [0.05, 0.1) is 16.8 Å². The maximum absolute atomic E-state index is 13.8. The standard InChI is InChI=1S/C19H15ClFNO5S/c20-15-7-4-8-16(21)18(15)19(24)27-11-17(23)22(13-5-2-1-3-6-13)14-9-10-28(25,26)12-14/h1-10,14H,11-12H2. The molecule has 0 bridgehead atoms. The molecule has 0 spiro atoms. The lowest BCUT2D eigenvalue weighted by Gasteiger charge is -2.27. The van der Waals surface area contributed by atoms with Crippen LogP contribution >= 0.6 is 11.6 Å². The van der Waals surface area contributed by atoms with E-state index in [1.54, 1.807) is 30.3 Å².